The monoisotopic (exact) mass is 516 g/mol. The highest BCUT2D eigenvalue weighted by Gasteiger charge is 2.37. The molecule has 36 heavy (non-hydrogen) atoms. The van der Waals surface area contributed by atoms with Crippen LogP contribution in [-0.2, 0) is 16.2 Å². The molecule has 0 aromatic heterocycles. The van der Waals surface area contributed by atoms with Gasteiger partial charge in [0.2, 0.25) is 0 Å². The number of hydrogen-bond acceptors (Lipinski definition) is 4. The van der Waals surface area contributed by atoms with Crippen molar-refractivity contribution in [2.24, 2.45) is 0 Å². The summed E-state index contributed by atoms with van der Waals surface area (Å²) in [5.74, 6) is -1.10. The fourth-order valence-corrected chi connectivity index (χ4v) is 4.24. The lowest BCUT2D eigenvalue weighted by atomic mass is 9.99. The predicted octanol–water partition coefficient (Wildman–Crippen LogP) is 6.39. The number of fused-ring (bicyclic) bond motifs is 1. The maximum Gasteiger partial charge on any atom is 0.335 e. The number of halogens is 2. The summed E-state index contributed by atoms with van der Waals surface area (Å²) < 4.78 is 6.10. The molecule has 5 rings (SSSR count). The van der Waals surface area contributed by atoms with E-state index in [0.717, 1.165) is 21.2 Å². The summed E-state index contributed by atoms with van der Waals surface area (Å²) in [6.45, 7) is 0.295. The number of urea groups is 1. The molecule has 0 unspecified atom stereocenters. The number of rotatable bonds is 5. The Morgan fingerprint density at radius 2 is 1.58 bits per heavy atom. The molecule has 0 aliphatic carbocycles. The minimum Gasteiger partial charge on any atom is -0.488 e. The highest BCUT2D eigenvalue weighted by atomic mass is 35.5. The maximum absolute atomic E-state index is 13.4. The molecule has 1 N–H and O–H groups in total. The first kappa shape index (κ1) is 23.6. The first-order valence-corrected chi connectivity index (χ1v) is 11.7. The Bertz CT molecular complexity index is 1550. The third kappa shape index (κ3) is 4.56. The van der Waals surface area contributed by atoms with Crippen molar-refractivity contribution in [1.29, 1.82) is 0 Å². The van der Waals surface area contributed by atoms with Gasteiger partial charge in [-0.2, -0.15) is 0 Å². The van der Waals surface area contributed by atoms with E-state index in [4.69, 9.17) is 27.9 Å². The first-order valence-electron chi connectivity index (χ1n) is 11.0. The van der Waals surface area contributed by atoms with Crippen molar-refractivity contribution in [1.82, 2.24) is 5.32 Å². The molecular formula is C28H18Cl2N2O4. The molecule has 4 amide bonds. The second kappa shape index (κ2) is 9.85. The SMILES string of the molecule is O=C1NC(=O)N(c2ccc(Cl)c(Cl)c2)C(=O)/C1=C/c1c(OCc2ccccc2)ccc2ccccc12. The van der Waals surface area contributed by atoms with E-state index >= 15 is 0 Å². The number of carbonyl (C=O) groups is 3. The number of hydrogen-bond donors (Lipinski definition) is 1. The number of nitrogens with zero attached hydrogens (tertiary/aromatic N) is 1. The Labute approximate surface area is 216 Å². The molecule has 8 heteroatoms. The van der Waals surface area contributed by atoms with Gasteiger partial charge in [-0.15, -0.1) is 0 Å². The summed E-state index contributed by atoms with van der Waals surface area (Å²) in [7, 11) is 0. The Kier molecular flexibility index (Phi) is 6.46. The Morgan fingerprint density at radius 1 is 0.833 bits per heavy atom. The van der Waals surface area contributed by atoms with Gasteiger partial charge in [0, 0.05) is 5.56 Å². The van der Waals surface area contributed by atoms with Crippen LogP contribution in [0.3, 0.4) is 0 Å². The molecule has 1 heterocycles. The van der Waals surface area contributed by atoms with E-state index in [1.54, 1.807) is 6.07 Å². The molecule has 0 saturated carbocycles. The molecule has 1 aliphatic heterocycles. The van der Waals surface area contributed by atoms with Gasteiger partial charge in [0.15, 0.2) is 0 Å². The van der Waals surface area contributed by atoms with E-state index in [-0.39, 0.29) is 21.3 Å². The Balaban J connectivity index is 1.59. The van der Waals surface area contributed by atoms with Crippen LogP contribution in [0.1, 0.15) is 11.1 Å². The lowest BCUT2D eigenvalue weighted by molar-refractivity contribution is -0.122. The topological polar surface area (TPSA) is 75.7 Å². The van der Waals surface area contributed by atoms with Crippen molar-refractivity contribution >= 4 is 63.6 Å². The lowest BCUT2D eigenvalue weighted by Gasteiger charge is -2.26. The largest absolute Gasteiger partial charge is 0.488 e. The number of anilines is 1. The van der Waals surface area contributed by atoms with Gasteiger partial charge >= 0.3 is 6.03 Å². The van der Waals surface area contributed by atoms with Crippen molar-refractivity contribution in [3.05, 3.63) is 112 Å². The zero-order valence-electron chi connectivity index (χ0n) is 18.7. The van der Waals surface area contributed by atoms with Crippen LogP contribution in [-0.4, -0.2) is 17.8 Å². The van der Waals surface area contributed by atoms with Crippen LogP contribution in [0.25, 0.3) is 16.8 Å². The minimum atomic E-state index is -0.876. The van der Waals surface area contributed by atoms with E-state index in [2.05, 4.69) is 5.32 Å². The minimum absolute atomic E-state index is 0.169. The van der Waals surface area contributed by atoms with E-state index in [1.165, 1.54) is 24.3 Å². The van der Waals surface area contributed by atoms with Crippen molar-refractivity contribution < 1.29 is 19.1 Å². The van der Waals surface area contributed by atoms with Crippen LogP contribution >= 0.6 is 23.2 Å². The highest BCUT2D eigenvalue weighted by Crippen LogP contribution is 2.33. The normalized spacial score (nSPS) is 14.9. The molecule has 6 nitrogen and oxygen atoms in total. The summed E-state index contributed by atoms with van der Waals surface area (Å²) in [4.78, 5) is 39.7. The molecule has 4 aromatic carbocycles. The number of nitrogens with one attached hydrogen (secondary N) is 1. The van der Waals surface area contributed by atoms with Gasteiger partial charge in [-0.25, -0.2) is 9.69 Å². The van der Waals surface area contributed by atoms with Crippen LogP contribution in [0.2, 0.25) is 10.0 Å². The molecule has 0 bridgehead atoms. The van der Waals surface area contributed by atoms with Gasteiger partial charge in [-0.05, 0) is 46.7 Å². The van der Waals surface area contributed by atoms with Gasteiger partial charge in [0.1, 0.15) is 17.9 Å². The smallest absolute Gasteiger partial charge is 0.335 e. The number of benzene rings is 4. The van der Waals surface area contributed by atoms with Gasteiger partial charge in [0.05, 0.1) is 15.7 Å². The van der Waals surface area contributed by atoms with E-state index in [0.29, 0.717) is 17.9 Å². The van der Waals surface area contributed by atoms with Crippen LogP contribution in [0.5, 0.6) is 5.75 Å². The number of carbonyl (C=O) groups excluding carboxylic acids is 3. The molecule has 1 fully saturated rings. The Hall–Kier alpha value is -4.13. The molecule has 1 saturated heterocycles. The maximum atomic E-state index is 13.4. The zero-order valence-corrected chi connectivity index (χ0v) is 20.2. The van der Waals surface area contributed by atoms with Gasteiger partial charge in [0.25, 0.3) is 11.8 Å². The molecule has 1 aliphatic rings. The highest BCUT2D eigenvalue weighted by molar-refractivity contribution is 6.43. The van der Waals surface area contributed by atoms with Crippen LogP contribution < -0.4 is 15.0 Å². The number of barbiturate groups is 1. The molecule has 4 aromatic rings. The summed E-state index contributed by atoms with van der Waals surface area (Å²) in [5.41, 5.74) is 1.48. The summed E-state index contributed by atoms with van der Waals surface area (Å²) in [6.07, 6.45) is 1.46. The molecule has 178 valence electrons. The van der Waals surface area contributed by atoms with Crippen LogP contribution in [0, 0.1) is 0 Å². The third-order valence-corrected chi connectivity index (χ3v) is 6.46. The second-order valence-electron chi connectivity index (χ2n) is 8.03. The van der Waals surface area contributed by atoms with E-state index < -0.39 is 17.8 Å². The average Bonchev–Trinajstić information content (AvgIpc) is 2.88. The van der Waals surface area contributed by atoms with E-state index in [1.807, 2.05) is 60.7 Å². The van der Waals surface area contributed by atoms with Gasteiger partial charge in [-0.1, -0.05) is 83.9 Å². The molecular weight excluding hydrogens is 499 g/mol. The van der Waals surface area contributed by atoms with Gasteiger partial charge in [-0.3, -0.25) is 14.9 Å². The summed E-state index contributed by atoms with van der Waals surface area (Å²) >= 11 is 12.1. The molecule has 0 radical (unpaired) electrons. The standard InChI is InChI=1S/C28H18Cl2N2O4/c29-23-12-11-19(14-24(23)30)32-27(34)22(26(33)31-28(32)35)15-21-20-9-5-4-8-18(20)10-13-25(21)36-16-17-6-2-1-3-7-17/h1-15H,16H2,(H,31,33,35)/b22-15+. The fourth-order valence-electron chi connectivity index (χ4n) is 3.95. The quantitative estimate of drug-likeness (QED) is 0.246. The predicted molar refractivity (Wildman–Crippen MR) is 140 cm³/mol. The fraction of sp³-hybridized carbons (Fsp3) is 0.0357. The third-order valence-electron chi connectivity index (χ3n) is 5.72. The van der Waals surface area contributed by atoms with Crippen molar-refractivity contribution in [2.45, 2.75) is 6.61 Å². The summed E-state index contributed by atoms with van der Waals surface area (Å²) in [5, 5.41) is 4.36. The zero-order chi connectivity index (χ0) is 25.2. The molecule has 0 atom stereocenters. The van der Waals surface area contributed by atoms with Crippen molar-refractivity contribution in [3.63, 3.8) is 0 Å². The van der Waals surface area contributed by atoms with Gasteiger partial charge < -0.3 is 4.74 Å². The second-order valence-corrected chi connectivity index (χ2v) is 8.84. The van der Waals surface area contributed by atoms with Crippen LogP contribution in [0.4, 0.5) is 10.5 Å². The first-order chi connectivity index (χ1) is 17.4. The van der Waals surface area contributed by atoms with E-state index in [9.17, 15) is 14.4 Å². The Morgan fingerprint density at radius 3 is 2.36 bits per heavy atom. The molecule has 0 spiro atoms. The van der Waals surface area contributed by atoms with Crippen LogP contribution in [0.15, 0.2) is 90.5 Å². The average molecular weight is 517 g/mol. The number of amides is 4. The lowest BCUT2D eigenvalue weighted by Crippen LogP contribution is -2.54. The van der Waals surface area contributed by atoms with Crippen molar-refractivity contribution in [3.8, 4) is 5.75 Å². The number of imide groups is 2. The summed E-state index contributed by atoms with van der Waals surface area (Å²) in [6, 6.07) is 24.4. The number of ether oxygens (including phenoxy) is 1. The van der Waals surface area contributed by atoms with Crippen molar-refractivity contribution in [2.75, 3.05) is 4.90 Å².